The molecule has 0 amide bonds. The van der Waals surface area contributed by atoms with Crippen LogP contribution in [0.1, 0.15) is 17.5 Å². The molecule has 2 aromatic rings. The third-order valence-electron chi connectivity index (χ3n) is 2.22. The summed E-state index contributed by atoms with van der Waals surface area (Å²) in [7, 11) is 0. The lowest BCUT2D eigenvalue weighted by Gasteiger charge is -2.06. The third kappa shape index (κ3) is 3.08. The minimum atomic E-state index is -2.98. The van der Waals surface area contributed by atoms with E-state index >= 15 is 0 Å². The standard InChI is InChI=1S/C12H10F2N2O4/c1-2-18-11(17)9-15-10(20-16-9)7-5-3-4-6-8(7)19-12(13)14/h3-6,12H,2H2,1H3. The highest BCUT2D eigenvalue weighted by atomic mass is 19.3. The Morgan fingerprint density at radius 1 is 1.40 bits per heavy atom. The molecule has 0 fully saturated rings. The van der Waals surface area contributed by atoms with Crippen molar-refractivity contribution in [2.45, 2.75) is 13.5 Å². The topological polar surface area (TPSA) is 74.5 Å². The summed E-state index contributed by atoms with van der Waals surface area (Å²) in [5.74, 6) is -1.27. The quantitative estimate of drug-likeness (QED) is 0.785. The number of carbonyl (C=O) groups is 1. The van der Waals surface area contributed by atoms with Gasteiger partial charge >= 0.3 is 12.6 Å². The van der Waals surface area contributed by atoms with Crippen LogP contribution in [0.2, 0.25) is 0 Å². The predicted octanol–water partition coefficient (Wildman–Crippen LogP) is 2.51. The van der Waals surface area contributed by atoms with E-state index in [-0.39, 0.29) is 29.6 Å². The average molecular weight is 284 g/mol. The van der Waals surface area contributed by atoms with Gasteiger partial charge in [-0.3, -0.25) is 0 Å². The van der Waals surface area contributed by atoms with E-state index in [1.54, 1.807) is 13.0 Å². The van der Waals surface area contributed by atoms with Crippen molar-refractivity contribution in [2.75, 3.05) is 6.61 Å². The van der Waals surface area contributed by atoms with Crippen molar-refractivity contribution in [2.24, 2.45) is 0 Å². The van der Waals surface area contributed by atoms with E-state index in [4.69, 9.17) is 9.26 Å². The first-order chi connectivity index (χ1) is 9.61. The van der Waals surface area contributed by atoms with Gasteiger partial charge in [-0.15, -0.1) is 0 Å². The molecule has 0 saturated carbocycles. The minimum Gasteiger partial charge on any atom is -0.460 e. The first kappa shape index (κ1) is 13.9. The van der Waals surface area contributed by atoms with Gasteiger partial charge in [0.05, 0.1) is 12.2 Å². The van der Waals surface area contributed by atoms with Gasteiger partial charge < -0.3 is 14.0 Å². The monoisotopic (exact) mass is 284 g/mol. The molecule has 6 nitrogen and oxygen atoms in total. The van der Waals surface area contributed by atoms with Gasteiger partial charge in [-0.2, -0.15) is 13.8 Å². The molecule has 0 aliphatic rings. The Balaban J connectivity index is 2.30. The number of ether oxygens (including phenoxy) is 2. The van der Waals surface area contributed by atoms with E-state index in [2.05, 4.69) is 14.9 Å². The Bertz CT molecular complexity index is 601. The second-order valence-corrected chi connectivity index (χ2v) is 3.52. The van der Waals surface area contributed by atoms with Crippen LogP contribution < -0.4 is 4.74 Å². The molecule has 0 atom stereocenters. The molecule has 0 aliphatic heterocycles. The maximum absolute atomic E-state index is 12.3. The zero-order valence-corrected chi connectivity index (χ0v) is 10.4. The average Bonchev–Trinajstić information content (AvgIpc) is 2.88. The van der Waals surface area contributed by atoms with E-state index in [1.807, 2.05) is 0 Å². The molecular formula is C12H10F2N2O4. The number of aromatic nitrogens is 2. The molecule has 2 rings (SSSR count). The predicted molar refractivity (Wildman–Crippen MR) is 62.3 cm³/mol. The van der Waals surface area contributed by atoms with Crippen LogP contribution in [0.15, 0.2) is 28.8 Å². The summed E-state index contributed by atoms with van der Waals surface area (Å²) in [4.78, 5) is 15.2. The SMILES string of the molecule is CCOC(=O)c1noc(-c2ccccc2OC(F)F)n1. The van der Waals surface area contributed by atoms with Crippen LogP contribution in [0.5, 0.6) is 5.75 Å². The van der Waals surface area contributed by atoms with E-state index in [0.717, 1.165) is 0 Å². The highest BCUT2D eigenvalue weighted by Crippen LogP contribution is 2.29. The van der Waals surface area contributed by atoms with Gasteiger partial charge in [-0.1, -0.05) is 12.1 Å². The number of halogens is 2. The van der Waals surface area contributed by atoms with E-state index < -0.39 is 12.6 Å². The van der Waals surface area contributed by atoms with Crippen molar-refractivity contribution >= 4 is 5.97 Å². The smallest absolute Gasteiger partial charge is 0.387 e. The minimum absolute atomic E-state index is 0.107. The van der Waals surface area contributed by atoms with Crippen LogP contribution >= 0.6 is 0 Å². The van der Waals surface area contributed by atoms with Gasteiger partial charge in [0, 0.05) is 0 Å². The molecule has 1 aromatic carbocycles. The molecule has 0 bridgehead atoms. The number of benzene rings is 1. The van der Waals surface area contributed by atoms with Crippen molar-refractivity contribution in [3.8, 4) is 17.2 Å². The Hall–Kier alpha value is -2.51. The number of hydrogen-bond acceptors (Lipinski definition) is 6. The van der Waals surface area contributed by atoms with Crippen molar-refractivity contribution < 1.29 is 27.6 Å². The lowest BCUT2D eigenvalue weighted by atomic mass is 10.2. The fourth-order valence-corrected chi connectivity index (χ4v) is 1.45. The largest absolute Gasteiger partial charge is 0.460 e. The number of para-hydroxylation sites is 1. The molecule has 0 spiro atoms. The molecular weight excluding hydrogens is 274 g/mol. The van der Waals surface area contributed by atoms with Crippen molar-refractivity contribution in [3.63, 3.8) is 0 Å². The van der Waals surface area contributed by atoms with Crippen LogP contribution in [0.25, 0.3) is 11.5 Å². The number of rotatable bonds is 5. The van der Waals surface area contributed by atoms with Crippen molar-refractivity contribution in [3.05, 3.63) is 30.1 Å². The summed E-state index contributed by atoms with van der Waals surface area (Å²) in [6, 6.07) is 5.89. The zero-order valence-electron chi connectivity index (χ0n) is 10.4. The van der Waals surface area contributed by atoms with Crippen LogP contribution in [0.3, 0.4) is 0 Å². The number of hydrogen-bond donors (Lipinski definition) is 0. The maximum atomic E-state index is 12.3. The van der Waals surface area contributed by atoms with Gasteiger partial charge in [-0.05, 0) is 24.2 Å². The molecule has 0 saturated heterocycles. The lowest BCUT2D eigenvalue weighted by molar-refractivity contribution is -0.0495. The summed E-state index contributed by atoms with van der Waals surface area (Å²) in [5.41, 5.74) is 0.163. The molecule has 0 aliphatic carbocycles. The van der Waals surface area contributed by atoms with Gasteiger partial charge in [0.25, 0.3) is 11.7 Å². The maximum Gasteiger partial charge on any atom is 0.387 e. The molecule has 20 heavy (non-hydrogen) atoms. The van der Waals surface area contributed by atoms with E-state index in [0.29, 0.717) is 0 Å². The number of alkyl halides is 2. The van der Waals surface area contributed by atoms with E-state index in [1.165, 1.54) is 18.2 Å². The van der Waals surface area contributed by atoms with Crippen LogP contribution in [-0.2, 0) is 4.74 Å². The zero-order chi connectivity index (χ0) is 14.5. The molecule has 1 aromatic heterocycles. The molecule has 106 valence electrons. The fraction of sp³-hybridized carbons (Fsp3) is 0.250. The van der Waals surface area contributed by atoms with Crippen LogP contribution in [-0.4, -0.2) is 29.3 Å². The Morgan fingerprint density at radius 2 is 2.15 bits per heavy atom. The highest BCUT2D eigenvalue weighted by Gasteiger charge is 2.20. The van der Waals surface area contributed by atoms with E-state index in [9.17, 15) is 13.6 Å². The van der Waals surface area contributed by atoms with Crippen LogP contribution in [0.4, 0.5) is 8.78 Å². The summed E-state index contributed by atoms with van der Waals surface area (Å²) in [6.07, 6.45) is 0. The van der Waals surface area contributed by atoms with Gasteiger partial charge in [0.2, 0.25) is 0 Å². The highest BCUT2D eigenvalue weighted by molar-refractivity contribution is 5.85. The molecule has 0 radical (unpaired) electrons. The normalized spacial score (nSPS) is 10.6. The second-order valence-electron chi connectivity index (χ2n) is 3.52. The molecule has 1 heterocycles. The summed E-state index contributed by atoms with van der Waals surface area (Å²) >= 11 is 0. The molecule has 8 heteroatoms. The van der Waals surface area contributed by atoms with Crippen molar-refractivity contribution in [1.29, 1.82) is 0 Å². The number of carbonyl (C=O) groups excluding carboxylic acids is 1. The summed E-state index contributed by atoms with van der Waals surface area (Å²) in [6.45, 7) is -1.19. The first-order valence-corrected chi connectivity index (χ1v) is 5.67. The summed E-state index contributed by atoms with van der Waals surface area (Å²) < 4.78 is 38.5. The van der Waals surface area contributed by atoms with Gasteiger partial charge in [0.15, 0.2) is 0 Å². The van der Waals surface area contributed by atoms with Gasteiger partial charge in [0.1, 0.15) is 5.75 Å². The number of nitrogens with zero attached hydrogens (tertiary/aromatic N) is 2. The molecule has 0 unspecified atom stereocenters. The van der Waals surface area contributed by atoms with Crippen LogP contribution in [0, 0.1) is 0 Å². The summed E-state index contributed by atoms with van der Waals surface area (Å²) in [5, 5.41) is 3.43. The lowest BCUT2D eigenvalue weighted by Crippen LogP contribution is -2.06. The fourth-order valence-electron chi connectivity index (χ4n) is 1.45. The Labute approximate surface area is 112 Å². The number of esters is 1. The van der Waals surface area contributed by atoms with Crippen molar-refractivity contribution in [1.82, 2.24) is 10.1 Å². The molecule has 0 N–H and O–H groups in total. The Kier molecular flexibility index (Phi) is 4.24. The third-order valence-corrected chi connectivity index (χ3v) is 2.22. The second kappa shape index (κ2) is 6.09. The Morgan fingerprint density at radius 3 is 2.85 bits per heavy atom. The van der Waals surface area contributed by atoms with Gasteiger partial charge in [-0.25, -0.2) is 4.79 Å². The first-order valence-electron chi connectivity index (χ1n) is 5.67.